The van der Waals surface area contributed by atoms with E-state index in [1.54, 1.807) is 30.6 Å². The van der Waals surface area contributed by atoms with Gasteiger partial charge in [0.2, 0.25) is 11.7 Å². The molecule has 2 fully saturated rings. The zero-order valence-corrected chi connectivity index (χ0v) is 26.8. The van der Waals surface area contributed by atoms with Gasteiger partial charge in [-0.3, -0.25) is 14.6 Å². The third kappa shape index (κ3) is 6.18. The lowest BCUT2D eigenvalue weighted by molar-refractivity contribution is -0.127. The average Bonchev–Trinajstić information content (AvgIpc) is 3.50. The van der Waals surface area contributed by atoms with Crippen molar-refractivity contribution in [1.82, 2.24) is 20.5 Å². The Morgan fingerprint density at radius 2 is 1.68 bits per heavy atom. The first-order valence-electron chi connectivity index (χ1n) is 14.7. The molecule has 0 saturated carbocycles. The Hall–Kier alpha value is -3.53. The van der Waals surface area contributed by atoms with Crippen LogP contribution in [0.1, 0.15) is 47.2 Å². The Kier molecular flexibility index (Phi) is 9.87. The van der Waals surface area contributed by atoms with E-state index in [0.717, 1.165) is 24.2 Å². The lowest BCUT2D eigenvalue weighted by Crippen LogP contribution is -2.51. The van der Waals surface area contributed by atoms with Crippen LogP contribution in [0.25, 0.3) is 0 Å². The Morgan fingerprint density at radius 1 is 0.955 bits per heavy atom. The summed E-state index contributed by atoms with van der Waals surface area (Å²) in [6.45, 7) is 2.91. The zero-order valence-electron chi connectivity index (χ0n) is 25.3. The summed E-state index contributed by atoms with van der Waals surface area (Å²) in [4.78, 5) is 33.8. The van der Waals surface area contributed by atoms with E-state index in [1.165, 1.54) is 21.3 Å². The van der Waals surface area contributed by atoms with Gasteiger partial charge in [-0.25, -0.2) is 0 Å². The van der Waals surface area contributed by atoms with E-state index in [2.05, 4.69) is 15.6 Å². The molecule has 0 radical (unpaired) electrons. The van der Waals surface area contributed by atoms with Gasteiger partial charge < -0.3 is 29.7 Å². The van der Waals surface area contributed by atoms with Gasteiger partial charge >= 0.3 is 0 Å². The number of ether oxygens (including phenoxy) is 3. The fraction of sp³-hybridized carbons (Fsp3) is 0.424. The van der Waals surface area contributed by atoms with E-state index >= 15 is 0 Å². The Labute approximate surface area is 268 Å². The standard InChI is InChI=1S/C33H38Cl2N4O5/c1-42-27-17-22(18-28(43-2)29(27)44-3)30(40)39-16-11-32(21-39,23-6-7-25(34)26(35)19-23)8-15-38-31(41)33(9-13-36-14-10-33)24-5-4-12-37-20-24/h4-7,12,17-20,36H,8-11,13-16,21H2,1-3H3,(H,38,41). The molecule has 2 aromatic carbocycles. The summed E-state index contributed by atoms with van der Waals surface area (Å²) in [5.41, 5.74) is 1.25. The van der Waals surface area contributed by atoms with Crippen molar-refractivity contribution in [3.8, 4) is 17.2 Å². The molecule has 2 N–H and O–H groups in total. The number of nitrogens with zero attached hydrogens (tertiary/aromatic N) is 2. The molecule has 0 spiro atoms. The number of rotatable bonds is 10. The van der Waals surface area contributed by atoms with Crippen LogP contribution in [0.15, 0.2) is 54.9 Å². The highest BCUT2D eigenvalue weighted by molar-refractivity contribution is 6.42. The van der Waals surface area contributed by atoms with E-state index in [9.17, 15) is 9.59 Å². The van der Waals surface area contributed by atoms with Gasteiger partial charge in [0.25, 0.3) is 5.91 Å². The minimum absolute atomic E-state index is 0.000333. The molecule has 2 aliphatic heterocycles. The van der Waals surface area contributed by atoms with Gasteiger partial charge in [-0.2, -0.15) is 0 Å². The summed E-state index contributed by atoms with van der Waals surface area (Å²) >= 11 is 12.8. The maximum absolute atomic E-state index is 13.9. The molecule has 1 unspecified atom stereocenters. The van der Waals surface area contributed by atoms with Crippen LogP contribution < -0.4 is 24.8 Å². The van der Waals surface area contributed by atoms with Crippen molar-refractivity contribution in [1.29, 1.82) is 0 Å². The van der Waals surface area contributed by atoms with Crippen molar-refractivity contribution >= 4 is 35.0 Å². The first kappa shape index (κ1) is 31.9. The molecule has 1 aromatic heterocycles. The summed E-state index contributed by atoms with van der Waals surface area (Å²) in [5, 5.41) is 7.54. The fourth-order valence-electron chi connectivity index (χ4n) is 6.57. The van der Waals surface area contributed by atoms with Gasteiger partial charge in [-0.15, -0.1) is 0 Å². The maximum Gasteiger partial charge on any atom is 0.254 e. The monoisotopic (exact) mass is 640 g/mol. The summed E-state index contributed by atoms with van der Waals surface area (Å²) < 4.78 is 16.4. The Bertz CT molecular complexity index is 1470. The normalized spacial score (nSPS) is 19.3. The van der Waals surface area contributed by atoms with Crippen molar-refractivity contribution in [2.24, 2.45) is 0 Å². The number of carbonyl (C=O) groups is 2. The number of amides is 2. The van der Waals surface area contributed by atoms with Crippen LogP contribution in [-0.2, 0) is 15.6 Å². The van der Waals surface area contributed by atoms with Crippen molar-refractivity contribution in [2.45, 2.75) is 36.5 Å². The molecule has 234 valence electrons. The van der Waals surface area contributed by atoms with Crippen LogP contribution >= 0.6 is 23.2 Å². The molecule has 2 aliphatic rings. The quantitative estimate of drug-likeness (QED) is 0.321. The molecule has 1 atom stereocenters. The fourth-order valence-corrected chi connectivity index (χ4v) is 6.87. The van der Waals surface area contributed by atoms with Crippen LogP contribution in [0.2, 0.25) is 10.0 Å². The second-order valence-electron chi connectivity index (χ2n) is 11.4. The predicted octanol–water partition coefficient (Wildman–Crippen LogP) is 5.03. The Morgan fingerprint density at radius 3 is 2.30 bits per heavy atom. The second kappa shape index (κ2) is 13.6. The molecule has 2 amide bonds. The highest BCUT2D eigenvalue weighted by Gasteiger charge is 2.44. The van der Waals surface area contributed by atoms with Crippen LogP contribution in [-0.4, -0.2) is 75.8 Å². The number of aromatic nitrogens is 1. The summed E-state index contributed by atoms with van der Waals surface area (Å²) in [6.07, 6.45) is 6.21. The van der Waals surface area contributed by atoms with Gasteiger partial charge in [0.05, 0.1) is 36.8 Å². The SMILES string of the molecule is COc1cc(C(=O)N2CCC(CCNC(=O)C3(c4cccnc4)CCNCC3)(c3ccc(Cl)c(Cl)c3)C2)cc(OC)c1OC. The van der Waals surface area contributed by atoms with Gasteiger partial charge in [0.1, 0.15) is 0 Å². The maximum atomic E-state index is 13.9. The van der Waals surface area contributed by atoms with Crippen LogP contribution in [0, 0.1) is 0 Å². The van der Waals surface area contributed by atoms with E-state index in [-0.39, 0.29) is 11.8 Å². The third-order valence-corrected chi connectivity index (χ3v) is 9.82. The number of benzene rings is 2. The van der Waals surface area contributed by atoms with E-state index in [1.807, 2.05) is 29.2 Å². The minimum atomic E-state index is -0.638. The largest absolute Gasteiger partial charge is 0.493 e. The molecule has 11 heteroatoms. The van der Waals surface area contributed by atoms with E-state index in [4.69, 9.17) is 37.4 Å². The average molecular weight is 642 g/mol. The number of likely N-dealkylation sites (tertiary alicyclic amines) is 1. The lowest BCUT2D eigenvalue weighted by atomic mass is 9.72. The molecular weight excluding hydrogens is 603 g/mol. The number of halogens is 2. The molecular formula is C33H38Cl2N4O5. The molecule has 2 saturated heterocycles. The number of pyridine rings is 1. The van der Waals surface area contributed by atoms with Crippen molar-refractivity contribution in [3.05, 3.63) is 81.6 Å². The summed E-state index contributed by atoms with van der Waals surface area (Å²) in [7, 11) is 4.57. The highest BCUT2D eigenvalue weighted by Crippen LogP contribution is 2.42. The summed E-state index contributed by atoms with van der Waals surface area (Å²) in [5.74, 6) is 1.09. The Balaban J connectivity index is 1.39. The lowest BCUT2D eigenvalue weighted by Gasteiger charge is -2.37. The van der Waals surface area contributed by atoms with Gasteiger partial charge in [-0.1, -0.05) is 35.3 Å². The zero-order chi connectivity index (χ0) is 31.3. The van der Waals surface area contributed by atoms with E-state index < -0.39 is 10.8 Å². The molecule has 0 bridgehead atoms. The predicted molar refractivity (Wildman–Crippen MR) is 170 cm³/mol. The van der Waals surface area contributed by atoms with Gasteiger partial charge in [-0.05, 0) is 80.2 Å². The third-order valence-electron chi connectivity index (χ3n) is 9.08. The van der Waals surface area contributed by atoms with Crippen LogP contribution in [0.3, 0.4) is 0 Å². The van der Waals surface area contributed by atoms with Crippen LogP contribution in [0.5, 0.6) is 17.2 Å². The molecule has 3 heterocycles. The molecule has 3 aromatic rings. The number of carbonyl (C=O) groups excluding carboxylic acids is 2. The highest BCUT2D eigenvalue weighted by atomic mass is 35.5. The molecule has 44 heavy (non-hydrogen) atoms. The number of piperidine rings is 1. The minimum Gasteiger partial charge on any atom is -0.493 e. The van der Waals surface area contributed by atoms with E-state index in [0.29, 0.717) is 78.2 Å². The number of hydrogen-bond acceptors (Lipinski definition) is 7. The number of hydrogen-bond donors (Lipinski definition) is 2. The van der Waals surface area contributed by atoms with Crippen LogP contribution in [0.4, 0.5) is 0 Å². The first-order valence-corrected chi connectivity index (χ1v) is 15.5. The van der Waals surface area contributed by atoms with Crippen molar-refractivity contribution < 1.29 is 23.8 Å². The second-order valence-corrected chi connectivity index (χ2v) is 12.2. The van der Waals surface area contributed by atoms with Crippen molar-refractivity contribution in [2.75, 3.05) is 54.1 Å². The van der Waals surface area contributed by atoms with Crippen molar-refractivity contribution in [3.63, 3.8) is 0 Å². The van der Waals surface area contributed by atoms with Gasteiger partial charge in [0.15, 0.2) is 11.5 Å². The molecule has 9 nitrogen and oxygen atoms in total. The molecule has 5 rings (SSSR count). The topological polar surface area (TPSA) is 102 Å². The smallest absolute Gasteiger partial charge is 0.254 e. The first-order chi connectivity index (χ1) is 21.3. The molecule has 0 aliphatic carbocycles. The number of methoxy groups -OCH3 is 3. The van der Waals surface area contributed by atoms with Gasteiger partial charge in [0, 0.05) is 43.0 Å². The summed E-state index contributed by atoms with van der Waals surface area (Å²) in [6, 6.07) is 12.8. The number of nitrogens with one attached hydrogen (secondary N) is 2.